The van der Waals surface area contributed by atoms with E-state index in [1.165, 1.54) is 12.1 Å². The third kappa shape index (κ3) is 17.9. The summed E-state index contributed by atoms with van der Waals surface area (Å²) in [4.78, 5) is 56.4. The van der Waals surface area contributed by atoms with Crippen molar-refractivity contribution in [2.24, 2.45) is 0 Å². The van der Waals surface area contributed by atoms with Gasteiger partial charge in [-0.15, -0.1) is 0 Å². The first-order chi connectivity index (χ1) is 19.3. The Hall–Kier alpha value is -3.51. The molecule has 0 bridgehead atoms. The fourth-order valence-electron chi connectivity index (χ4n) is 3.64. The summed E-state index contributed by atoms with van der Waals surface area (Å²) in [6, 6.07) is 5.19. The van der Waals surface area contributed by atoms with Gasteiger partial charge >= 0.3 is 11.9 Å². The molecule has 0 aromatic heterocycles. The van der Waals surface area contributed by atoms with Gasteiger partial charge in [0, 0.05) is 19.4 Å². The third-order valence-corrected chi connectivity index (χ3v) is 5.81. The van der Waals surface area contributed by atoms with Crippen LogP contribution in [-0.4, -0.2) is 85.9 Å². The first-order valence-electron chi connectivity index (χ1n) is 13.6. The number of carboxylic acids is 2. The molecule has 0 spiro atoms. The van der Waals surface area contributed by atoms with Crippen molar-refractivity contribution in [3.63, 3.8) is 0 Å². The highest BCUT2D eigenvalue weighted by molar-refractivity contribution is 5.87. The van der Waals surface area contributed by atoms with Gasteiger partial charge in [-0.05, 0) is 43.5 Å². The Balaban J connectivity index is 2.03. The van der Waals surface area contributed by atoms with Crippen LogP contribution in [0.25, 0.3) is 0 Å². The van der Waals surface area contributed by atoms with Crippen molar-refractivity contribution >= 4 is 30.0 Å². The minimum absolute atomic E-state index is 0.0127. The van der Waals surface area contributed by atoms with Crippen LogP contribution in [0.15, 0.2) is 24.3 Å². The van der Waals surface area contributed by atoms with Gasteiger partial charge in [0.1, 0.15) is 18.4 Å². The zero-order valence-electron chi connectivity index (χ0n) is 22.9. The van der Waals surface area contributed by atoms with E-state index in [1.807, 2.05) is 0 Å². The number of unbranched alkanes of at least 4 members (excludes halogenated alkanes) is 6. The van der Waals surface area contributed by atoms with Gasteiger partial charge in [-0.1, -0.05) is 32.1 Å². The SMILES string of the molecule is O=[C]COCCOCCNC(=O)CC[C@H](NC(=O)CCCCCCCCCOc1ccc(C(=O)O)cc1)C(=O)O. The van der Waals surface area contributed by atoms with E-state index in [0.29, 0.717) is 18.8 Å². The van der Waals surface area contributed by atoms with E-state index in [2.05, 4.69) is 10.6 Å². The first kappa shape index (κ1) is 34.5. The molecule has 12 heteroatoms. The van der Waals surface area contributed by atoms with Gasteiger partial charge in [0.2, 0.25) is 18.1 Å². The number of benzene rings is 1. The number of amides is 2. The van der Waals surface area contributed by atoms with Crippen LogP contribution in [0.2, 0.25) is 0 Å². The zero-order chi connectivity index (χ0) is 29.4. The van der Waals surface area contributed by atoms with Gasteiger partial charge in [0.05, 0.1) is 32.0 Å². The Kier molecular flexibility index (Phi) is 19.3. The molecule has 1 rings (SSSR count). The summed E-state index contributed by atoms with van der Waals surface area (Å²) in [7, 11) is 0. The third-order valence-electron chi connectivity index (χ3n) is 5.81. The number of rotatable bonds is 25. The number of hydrogen-bond acceptors (Lipinski definition) is 8. The Labute approximate surface area is 234 Å². The second kappa shape index (κ2) is 22.3. The molecule has 0 fully saturated rings. The lowest BCUT2D eigenvalue weighted by Gasteiger charge is -2.14. The maximum atomic E-state index is 12.2. The average molecular weight is 566 g/mol. The number of carboxylic acid groups (broad SMARTS) is 2. The molecule has 40 heavy (non-hydrogen) atoms. The molecule has 1 radical (unpaired) electrons. The molecule has 0 aliphatic heterocycles. The monoisotopic (exact) mass is 565 g/mol. The van der Waals surface area contributed by atoms with Crippen LogP contribution in [0.1, 0.15) is 74.6 Å². The second-order valence-electron chi connectivity index (χ2n) is 9.06. The van der Waals surface area contributed by atoms with Crippen LogP contribution >= 0.6 is 0 Å². The molecule has 12 nitrogen and oxygen atoms in total. The van der Waals surface area contributed by atoms with E-state index in [1.54, 1.807) is 18.4 Å². The van der Waals surface area contributed by atoms with Gasteiger partial charge in [-0.2, -0.15) is 0 Å². The average Bonchev–Trinajstić information content (AvgIpc) is 2.93. The molecule has 0 heterocycles. The number of nitrogens with one attached hydrogen (secondary N) is 2. The van der Waals surface area contributed by atoms with Crippen molar-refractivity contribution in [3.8, 4) is 5.75 Å². The Morgan fingerprint density at radius 1 is 0.775 bits per heavy atom. The minimum atomic E-state index is -1.18. The smallest absolute Gasteiger partial charge is 0.335 e. The lowest BCUT2D eigenvalue weighted by molar-refractivity contribution is -0.142. The number of aromatic carboxylic acids is 1. The fraction of sp³-hybridized carbons (Fsp3) is 0.607. The first-order valence-corrected chi connectivity index (χ1v) is 13.6. The molecular formula is C28H41N2O10. The van der Waals surface area contributed by atoms with E-state index in [9.17, 15) is 29.1 Å². The van der Waals surface area contributed by atoms with Crippen molar-refractivity contribution < 1.29 is 48.4 Å². The Morgan fingerprint density at radius 2 is 1.43 bits per heavy atom. The van der Waals surface area contributed by atoms with Crippen LogP contribution in [0.5, 0.6) is 5.75 Å². The van der Waals surface area contributed by atoms with Crippen LogP contribution in [-0.2, 0) is 28.7 Å². The summed E-state index contributed by atoms with van der Waals surface area (Å²) >= 11 is 0. The number of carbonyl (C=O) groups is 4. The van der Waals surface area contributed by atoms with Gasteiger partial charge in [0.15, 0.2) is 0 Å². The molecule has 0 unspecified atom stereocenters. The molecule has 0 saturated heterocycles. The van der Waals surface area contributed by atoms with Crippen molar-refractivity contribution in [3.05, 3.63) is 29.8 Å². The van der Waals surface area contributed by atoms with Gasteiger partial charge in [-0.25, -0.2) is 9.59 Å². The van der Waals surface area contributed by atoms with Gasteiger partial charge < -0.3 is 35.1 Å². The summed E-state index contributed by atoms with van der Waals surface area (Å²) in [5.41, 5.74) is 0.223. The fourth-order valence-corrected chi connectivity index (χ4v) is 3.64. The largest absolute Gasteiger partial charge is 0.494 e. The molecule has 2 amide bonds. The lowest BCUT2D eigenvalue weighted by Crippen LogP contribution is -2.41. The lowest BCUT2D eigenvalue weighted by atomic mass is 10.1. The van der Waals surface area contributed by atoms with Crippen LogP contribution in [0.4, 0.5) is 0 Å². The summed E-state index contributed by atoms with van der Waals surface area (Å²) in [5, 5.41) is 23.4. The second-order valence-corrected chi connectivity index (χ2v) is 9.06. The molecule has 1 atom stereocenters. The summed E-state index contributed by atoms with van der Waals surface area (Å²) in [6.07, 6.45) is 8.23. The zero-order valence-corrected chi connectivity index (χ0v) is 22.9. The van der Waals surface area contributed by atoms with E-state index in [-0.39, 0.29) is 69.6 Å². The summed E-state index contributed by atoms with van der Waals surface area (Å²) in [6.45, 7) is 1.47. The van der Waals surface area contributed by atoms with Gasteiger partial charge in [0.25, 0.3) is 0 Å². The van der Waals surface area contributed by atoms with Crippen molar-refractivity contribution in [1.29, 1.82) is 0 Å². The summed E-state index contributed by atoms with van der Waals surface area (Å²) < 4.78 is 15.7. The molecule has 0 aliphatic rings. The molecule has 1 aromatic rings. The molecule has 0 saturated carbocycles. The topological polar surface area (TPSA) is 178 Å². The number of aliphatic carboxylic acids is 1. The molecule has 0 aliphatic carbocycles. The molecule has 1 aromatic carbocycles. The van der Waals surface area contributed by atoms with E-state index >= 15 is 0 Å². The van der Waals surface area contributed by atoms with Crippen LogP contribution in [0, 0.1) is 0 Å². The van der Waals surface area contributed by atoms with E-state index in [4.69, 9.17) is 19.3 Å². The number of hydrogen-bond donors (Lipinski definition) is 4. The van der Waals surface area contributed by atoms with Crippen molar-refractivity contribution in [2.45, 2.75) is 70.3 Å². The molecular weight excluding hydrogens is 524 g/mol. The highest BCUT2D eigenvalue weighted by Crippen LogP contribution is 2.14. The van der Waals surface area contributed by atoms with E-state index < -0.39 is 18.0 Å². The number of carbonyl (C=O) groups excluding carboxylic acids is 3. The minimum Gasteiger partial charge on any atom is -0.494 e. The van der Waals surface area contributed by atoms with Crippen molar-refractivity contribution in [1.82, 2.24) is 10.6 Å². The highest BCUT2D eigenvalue weighted by Gasteiger charge is 2.20. The van der Waals surface area contributed by atoms with Crippen molar-refractivity contribution in [2.75, 3.05) is 39.6 Å². The predicted octanol–water partition coefficient (Wildman–Crippen LogP) is 2.49. The maximum Gasteiger partial charge on any atom is 0.335 e. The van der Waals surface area contributed by atoms with Crippen LogP contribution in [0.3, 0.4) is 0 Å². The predicted molar refractivity (Wildman–Crippen MR) is 145 cm³/mol. The molecule has 223 valence electrons. The maximum absolute atomic E-state index is 12.2. The Morgan fingerprint density at radius 3 is 2.08 bits per heavy atom. The Bertz CT molecular complexity index is 892. The van der Waals surface area contributed by atoms with Crippen LogP contribution < -0.4 is 15.4 Å². The quantitative estimate of drug-likeness (QED) is 0.129. The normalized spacial score (nSPS) is 11.4. The standard InChI is InChI=1S/C28H41N2O10/c31-16-19-39-21-20-38-18-15-29-25(32)14-13-24(28(36)37)30-26(33)8-6-4-2-1-3-5-7-17-40-23-11-9-22(10-12-23)27(34)35/h9-12,24H,1-8,13-15,17-21H2,(H,29,32)(H,30,33)(H,34,35)(H,36,37)/t24-/m0/s1. The molecule has 4 N–H and O–H groups in total. The van der Waals surface area contributed by atoms with E-state index in [0.717, 1.165) is 38.5 Å². The summed E-state index contributed by atoms with van der Waals surface area (Å²) in [5.74, 6) is -2.18. The van der Waals surface area contributed by atoms with Gasteiger partial charge in [-0.3, -0.25) is 14.4 Å². The number of ether oxygens (including phenoxy) is 3. The highest BCUT2D eigenvalue weighted by atomic mass is 16.5.